The molecule has 0 spiro atoms. The number of amides is 2. The molecular weight excluding hydrogens is 312 g/mol. The van der Waals surface area contributed by atoms with Crippen molar-refractivity contribution < 1.29 is 14.3 Å². The largest absolute Gasteiger partial charge is 0.383 e. The van der Waals surface area contributed by atoms with Crippen molar-refractivity contribution in [1.82, 2.24) is 9.80 Å². The van der Waals surface area contributed by atoms with Gasteiger partial charge in [-0.15, -0.1) is 11.3 Å². The first-order chi connectivity index (χ1) is 11.0. The fraction of sp³-hybridized carbons (Fsp3) is 0.647. The van der Waals surface area contributed by atoms with E-state index in [4.69, 9.17) is 4.74 Å². The number of hydrogen-bond donors (Lipinski definition) is 0. The summed E-state index contributed by atoms with van der Waals surface area (Å²) in [6, 6.07) is 3.97. The van der Waals surface area contributed by atoms with Crippen LogP contribution in [0.25, 0.3) is 0 Å². The lowest BCUT2D eigenvalue weighted by Gasteiger charge is -2.35. The summed E-state index contributed by atoms with van der Waals surface area (Å²) < 4.78 is 5.02. The molecule has 1 saturated heterocycles. The minimum atomic E-state index is -0.130. The van der Waals surface area contributed by atoms with Crippen molar-refractivity contribution in [2.75, 3.05) is 40.4 Å². The number of carbonyl (C=O) groups excluding carboxylic acids is 2. The van der Waals surface area contributed by atoms with Gasteiger partial charge < -0.3 is 14.5 Å². The summed E-state index contributed by atoms with van der Waals surface area (Å²) in [4.78, 5) is 29.9. The highest BCUT2D eigenvalue weighted by Crippen LogP contribution is 2.26. The molecule has 0 aromatic carbocycles. The predicted octanol–water partition coefficient (Wildman–Crippen LogP) is 2.20. The third kappa shape index (κ3) is 4.54. The Balaban J connectivity index is 1.94. The number of nitrogens with zero attached hydrogens (tertiary/aromatic N) is 2. The number of thiophene rings is 1. The van der Waals surface area contributed by atoms with Crippen molar-refractivity contribution in [3.05, 3.63) is 22.4 Å². The minimum Gasteiger partial charge on any atom is -0.383 e. The highest BCUT2D eigenvalue weighted by atomic mass is 32.1. The summed E-state index contributed by atoms with van der Waals surface area (Å²) in [5, 5.41) is 1.99. The van der Waals surface area contributed by atoms with Crippen LogP contribution in [0.4, 0.5) is 0 Å². The average Bonchev–Trinajstić information content (AvgIpc) is 3.12. The summed E-state index contributed by atoms with van der Waals surface area (Å²) >= 11 is 1.61. The van der Waals surface area contributed by atoms with Crippen LogP contribution in [0.2, 0.25) is 0 Å². The van der Waals surface area contributed by atoms with E-state index in [0.717, 1.165) is 24.3 Å². The van der Waals surface area contributed by atoms with Gasteiger partial charge in [0.15, 0.2) is 0 Å². The van der Waals surface area contributed by atoms with Crippen molar-refractivity contribution >= 4 is 23.2 Å². The molecule has 1 aliphatic rings. The number of likely N-dealkylation sites (N-methyl/N-ethyl adjacent to an activating group) is 1. The normalized spacial score (nSPS) is 19.4. The highest BCUT2D eigenvalue weighted by Gasteiger charge is 2.32. The standard InChI is InChI=1S/C17H26N2O3S/c1-13(15-7-5-11-23-15)16(20)19-8-4-6-14(12-19)17(21)18(2)9-10-22-3/h5,7,11,13-14H,4,6,8-10,12H2,1-3H3/t13-,14+/m0/s1. The number of piperidine rings is 1. The first-order valence-corrected chi connectivity index (χ1v) is 8.98. The molecule has 0 N–H and O–H groups in total. The molecule has 2 heterocycles. The van der Waals surface area contributed by atoms with Crippen molar-refractivity contribution in [2.24, 2.45) is 5.92 Å². The van der Waals surface area contributed by atoms with Gasteiger partial charge in [0.05, 0.1) is 18.4 Å². The predicted molar refractivity (Wildman–Crippen MR) is 91.6 cm³/mol. The van der Waals surface area contributed by atoms with Crippen LogP contribution in [0, 0.1) is 5.92 Å². The molecule has 0 radical (unpaired) electrons. The van der Waals surface area contributed by atoms with Gasteiger partial charge in [-0.2, -0.15) is 0 Å². The summed E-state index contributed by atoms with van der Waals surface area (Å²) in [6.45, 7) is 4.35. The van der Waals surface area contributed by atoms with E-state index in [1.54, 1.807) is 30.4 Å². The van der Waals surface area contributed by atoms with Gasteiger partial charge in [0.2, 0.25) is 11.8 Å². The fourth-order valence-electron chi connectivity index (χ4n) is 2.96. The lowest BCUT2D eigenvalue weighted by Crippen LogP contribution is -2.47. The first kappa shape index (κ1) is 17.9. The molecule has 23 heavy (non-hydrogen) atoms. The molecule has 0 aliphatic carbocycles. The number of carbonyl (C=O) groups is 2. The van der Waals surface area contributed by atoms with E-state index < -0.39 is 0 Å². The van der Waals surface area contributed by atoms with Gasteiger partial charge >= 0.3 is 0 Å². The van der Waals surface area contributed by atoms with E-state index in [1.807, 2.05) is 29.3 Å². The van der Waals surface area contributed by atoms with Crippen molar-refractivity contribution in [1.29, 1.82) is 0 Å². The van der Waals surface area contributed by atoms with E-state index in [9.17, 15) is 9.59 Å². The molecule has 1 aromatic heterocycles. The maximum atomic E-state index is 12.7. The van der Waals surface area contributed by atoms with Crippen LogP contribution in [0.1, 0.15) is 30.6 Å². The van der Waals surface area contributed by atoms with Crippen molar-refractivity contribution in [3.63, 3.8) is 0 Å². The highest BCUT2D eigenvalue weighted by molar-refractivity contribution is 7.10. The minimum absolute atomic E-state index is 0.0925. The molecule has 0 saturated carbocycles. The van der Waals surface area contributed by atoms with E-state index in [2.05, 4.69) is 0 Å². The SMILES string of the molecule is COCCN(C)C(=O)[C@@H]1CCCN(C(=O)[C@@H](C)c2cccs2)C1. The molecule has 6 heteroatoms. The van der Waals surface area contributed by atoms with Gasteiger partial charge in [-0.3, -0.25) is 9.59 Å². The number of methoxy groups -OCH3 is 1. The molecule has 2 atom stereocenters. The molecule has 5 nitrogen and oxygen atoms in total. The lowest BCUT2D eigenvalue weighted by atomic mass is 9.95. The monoisotopic (exact) mass is 338 g/mol. The second-order valence-corrected chi connectivity index (χ2v) is 7.09. The van der Waals surface area contributed by atoms with E-state index in [-0.39, 0.29) is 23.7 Å². The molecule has 0 unspecified atom stereocenters. The maximum Gasteiger partial charge on any atom is 0.230 e. The zero-order valence-electron chi connectivity index (χ0n) is 14.2. The maximum absolute atomic E-state index is 12.7. The first-order valence-electron chi connectivity index (χ1n) is 8.10. The Bertz CT molecular complexity index is 518. The Morgan fingerprint density at radius 1 is 1.52 bits per heavy atom. The summed E-state index contributed by atoms with van der Waals surface area (Å²) in [5.74, 6) is 0.0213. The van der Waals surface area contributed by atoms with Gasteiger partial charge in [-0.25, -0.2) is 0 Å². The van der Waals surface area contributed by atoms with Gasteiger partial charge in [0.1, 0.15) is 0 Å². The Hall–Kier alpha value is -1.40. The molecule has 2 amide bonds. The molecule has 1 fully saturated rings. The smallest absolute Gasteiger partial charge is 0.230 e. The number of rotatable bonds is 6. The van der Waals surface area contributed by atoms with Gasteiger partial charge in [0.25, 0.3) is 0 Å². The summed E-state index contributed by atoms with van der Waals surface area (Å²) in [5.41, 5.74) is 0. The fourth-order valence-corrected chi connectivity index (χ4v) is 3.74. The van der Waals surface area contributed by atoms with Crippen LogP contribution >= 0.6 is 11.3 Å². The number of ether oxygens (including phenoxy) is 1. The third-order valence-electron chi connectivity index (χ3n) is 4.43. The van der Waals surface area contributed by atoms with Crippen LogP contribution in [0.3, 0.4) is 0 Å². The second-order valence-electron chi connectivity index (χ2n) is 6.11. The summed E-state index contributed by atoms with van der Waals surface area (Å²) in [7, 11) is 3.43. The van der Waals surface area contributed by atoms with Crippen LogP contribution in [-0.4, -0.2) is 62.0 Å². The lowest BCUT2D eigenvalue weighted by molar-refractivity contribution is -0.140. The third-order valence-corrected chi connectivity index (χ3v) is 5.48. The molecule has 1 aliphatic heterocycles. The molecular formula is C17H26N2O3S. The Morgan fingerprint density at radius 3 is 2.96 bits per heavy atom. The van der Waals surface area contributed by atoms with Gasteiger partial charge in [-0.05, 0) is 31.2 Å². The van der Waals surface area contributed by atoms with Crippen molar-refractivity contribution in [2.45, 2.75) is 25.7 Å². The Kier molecular flexibility index (Phi) is 6.59. The Labute approximate surface area is 142 Å². The topological polar surface area (TPSA) is 49.9 Å². The van der Waals surface area contributed by atoms with E-state index in [1.165, 1.54) is 0 Å². The molecule has 0 bridgehead atoms. The van der Waals surface area contributed by atoms with Crippen LogP contribution in [0.15, 0.2) is 17.5 Å². The van der Waals surface area contributed by atoms with Crippen molar-refractivity contribution in [3.8, 4) is 0 Å². The second kappa shape index (κ2) is 8.45. The number of hydrogen-bond acceptors (Lipinski definition) is 4. The van der Waals surface area contributed by atoms with Gasteiger partial charge in [0, 0.05) is 38.7 Å². The zero-order valence-corrected chi connectivity index (χ0v) is 15.0. The van der Waals surface area contributed by atoms with Crippen LogP contribution < -0.4 is 0 Å². The Morgan fingerprint density at radius 2 is 2.30 bits per heavy atom. The molecule has 2 rings (SSSR count). The van der Waals surface area contributed by atoms with Crippen LogP contribution in [-0.2, 0) is 14.3 Å². The van der Waals surface area contributed by atoms with E-state index >= 15 is 0 Å². The molecule has 1 aromatic rings. The van der Waals surface area contributed by atoms with Crippen LogP contribution in [0.5, 0.6) is 0 Å². The molecule has 128 valence electrons. The average molecular weight is 338 g/mol. The zero-order chi connectivity index (χ0) is 16.8. The summed E-state index contributed by atoms with van der Waals surface area (Å²) in [6.07, 6.45) is 1.74. The number of likely N-dealkylation sites (tertiary alicyclic amines) is 1. The van der Waals surface area contributed by atoms with E-state index in [0.29, 0.717) is 19.7 Å². The van der Waals surface area contributed by atoms with Gasteiger partial charge in [-0.1, -0.05) is 6.07 Å². The quantitative estimate of drug-likeness (QED) is 0.799.